The van der Waals surface area contributed by atoms with Crippen molar-refractivity contribution in [2.45, 2.75) is 101 Å². The maximum atomic E-state index is 14.3. The highest BCUT2D eigenvalue weighted by Gasteiger charge is 2.53. The number of nitrogens with one attached hydrogen (secondary N) is 1. The van der Waals surface area contributed by atoms with Crippen LogP contribution in [0.4, 0.5) is 32.0 Å². The van der Waals surface area contributed by atoms with Crippen molar-refractivity contribution in [2.24, 2.45) is 5.92 Å². The molecule has 2 aromatic carbocycles. The van der Waals surface area contributed by atoms with Gasteiger partial charge < -0.3 is 9.64 Å². The fourth-order valence-electron chi connectivity index (χ4n) is 8.65. The number of nitrogens with zero attached hydrogens (tertiary/aromatic N) is 5. The number of carbonyl (C=O) groups excluding carboxylic acids is 4. The zero-order valence-electron chi connectivity index (χ0n) is 32.7. The van der Waals surface area contributed by atoms with Gasteiger partial charge in [0.1, 0.15) is 11.6 Å². The molecule has 318 valence electrons. The van der Waals surface area contributed by atoms with Crippen LogP contribution in [-0.2, 0) is 42.9 Å². The summed E-state index contributed by atoms with van der Waals surface area (Å²) in [6, 6.07) is 9.61. The number of anilines is 1. The smallest absolute Gasteiger partial charge is 0.377 e. The van der Waals surface area contributed by atoms with Crippen LogP contribution in [0.25, 0.3) is 0 Å². The molecule has 3 saturated heterocycles. The first-order valence-electron chi connectivity index (χ1n) is 19.6. The van der Waals surface area contributed by atoms with E-state index in [1.54, 1.807) is 41.8 Å². The average molecular weight is 849 g/mol. The molecule has 2 atom stereocenters. The summed E-state index contributed by atoms with van der Waals surface area (Å²) in [6.07, 6.45) is -6.29. The Morgan fingerprint density at radius 2 is 1.69 bits per heavy atom. The topological polar surface area (TPSA) is 126 Å². The average Bonchev–Trinajstić information content (AvgIpc) is 3.34. The first kappa shape index (κ1) is 44.1. The number of benzene rings is 2. The van der Waals surface area contributed by atoms with Gasteiger partial charge in [0.05, 0.1) is 42.1 Å². The van der Waals surface area contributed by atoms with Gasteiger partial charge in [0.25, 0.3) is 5.91 Å². The summed E-state index contributed by atoms with van der Waals surface area (Å²) in [4.78, 5) is 56.0. The van der Waals surface area contributed by atoms with Crippen LogP contribution < -0.4 is 10.2 Å². The van der Waals surface area contributed by atoms with E-state index in [0.29, 0.717) is 50.6 Å². The lowest BCUT2D eigenvalue weighted by Crippen LogP contribution is -2.60. The molecule has 1 saturated carbocycles. The van der Waals surface area contributed by atoms with Gasteiger partial charge in [0.15, 0.2) is 10.9 Å². The van der Waals surface area contributed by atoms with Gasteiger partial charge in [-0.2, -0.15) is 31.6 Å². The predicted octanol–water partition coefficient (Wildman–Crippen LogP) is 5.57. The predicted molar refractivity (Wildman–Crippen MR) is 207 cm³/mol. The Bertz CT molecular complexity index is 2000. The zero-order valence-corrected chi connectivity index (χ0v) is 33.5. The zero-order chi connectivity index (χ0) is 42.9. The molecule has 6 rings (SSSR count). The van der Waals surface area contributed by atoms with E-state index in [-0.39, 0.29) is 92.1 Å². The summed E-state index contributed by atoms with van der Waals surface area (Å²) in [5.74, 6) is -1.86. The number of piperidine rings is 1. The number of hydrogen-bond donors (Lipinski definition) is 1. The second-order valence-electron chi connectivity index (χ2n) is 16.2. The fourth-order valence-corrected chi connectivity index (χ4v) is 9.21. The highest BCUT2D eigenvalue weighted by Crippen LogP contribution is 2.41. The van der Waals surface area contributed by atoms with E-state index in [1.165, 1.54) is 17.0 Å². The van der Waals surface area contributed by atoms with E-state index in [9.17, 15) is 50.8 Å². The standard InChI is InChI=1S/C41H46F6N6O5S/c1-39(2)37(57)52(30-8-6-28(22-48)33(21-30)40(42,43)44)38(59)53(39)29-9-11-32(12-10-29)58-17-16-50-14-15-51(34(24-50)41(45,46)47)23-31(54)20-26-5-3-4-25(18-26)19-27-7-13-35(55)49-36(27)56/h3-6,8,18,21,27,29,32,34H,7,9-17,19-20,23-24H2,1-2H3,(H,49,55,56)/t27?,29?,32?,34-/m0/s1. The first-order chi connectivity index (χ1) is 27.8. The molecule has 2 aromatic rings. The lowest BCUT2D eigenvalue weighted by atomic mass is 9.89. The number of piperazine rings is 1. The molecule has 1 N–H and O–H groups in total. The minimum absolute atomic E-state index is 0.0395. The molecule has 3 aliphatic heterocycles. The first-order valence-corrected chi connectivity index (χ1v) is 20.0. The van der Waals surface area contributed by atoms with E-state index >= 15 is 0 Å². The van der Waals surface area contributed by atoms with Crippen LogP contribution in [0.5, 0.6) is 0 Å². The van der Waals surface area contributed by atoms with Crippen molar-refractivity contribution in [3.8, 4) is 6.07 Å². The van der Waals surface area contributed by atoms with Gasteiger partial charge in [-0.05, 0) is 93.9 Å². The minimum Gasteiger partial charge on any atom is -0.377 e. The van der Waals surface area contributed by atoms with E-state index in [1.807, 2.05) is 6.07 Å². The Morgan fingerprint density at radius 1 is 0.983 bits per heavy atom. The number of ketones is 1. The third kappa shape index (κ3) is 10.1. The maximum Gasteiger partial charge on any atom is 0.417 e. The summed E-state index contributed by atoms with van der Waals surface area (Å²) < 4.78 is 90.2. The largest absolute Gasteiger partial charge is 0.417 e. The van der Waals surface area contributed by atoms with Gasteiger partial charge in [0, 0.05) is 51.0 Å². The number of imide groups is 1. The molecular formula is C41H46F6N6O5S. The van der Waals surface area contributed by atoms with Crippen molar-refractivity contribution >= 4 is 46.5 Å². The number of hydrogen-bond acceptors (Lipinski definition) is 9. The van der Waals surface area contributed by atoms with Crippen LogP contribution in [0.3, 0.4) is 0 Å². The van der Waals surface area contributed by atoms with Crippen LogP contribution in [0.15, 0.2) is 42.5 Å². The Balaban J connectivity index is 0.971. The maximum absolute atomic E-state index is 14.3. The van der Waals surface area contributed by atoms with E-state index in [2.05, 4.69) is 5.32 Å². The molecule has 0 spiro atoms. The Morgan fingerprint density at radius 3 is 2.36 bits per heavy atom. The number of carbonyl (C=O) groups is 4. The van der Waals surface area contributed by atoms with Crippen LogP contribution in [0.2, 0.25) is 0 Å². The van der Waals surface area contributed by atoms with Gasteiger partial charge in [-0.15, -0.1) is 0 Å². The molecule has 0 bridgehead atoms. The Hall–Kier alpha value is -4.44. The summed E-state index contributed by atoms with van der Waals surface area (Å²) >= 11 is 5.68. The van der Waals surface area contributed by atoms with Crippen molar-refractivity contribution in [1.29, 1.82) is 5.26 Å². The number of halogens is 6. The molecule has 0 radical (unpaired) electrons. The number of nitriles is 1. The lowest BCUT2D eigenvalue weighted by Gasteiger charge is -2.42. The molecule has 1 unspecified atom stereocenters. The van der Waals surface area contributed by atoms with E-state index in [0.717, 1.165) is 22.6 Å². The van der Waals surface area contributed by atoms with Crippen molar-refractivity contribution in [2.75, 3.05) is 44.2 Å². The molecule has 59 heavy (non-hydrogen) atoms. The number of ether oxygens (including phenoxy) is 1. The van der Waals surface area contributed by atoms with Crippen molar-refractivity contribution < 1.29 is 50.3 Å². The summed E-state index contributed by atoms with van der Waals surface area (Å²) in [5, 5.41) is 11.6. The summed E-state index contributed by atoms with van der Waals surface area (Å²) in [5.41, 5.74) is -1.52. The molecule has 3 amide bonds. The second kappa shape index (κ2) is 17.6. The SMILES string of the molecule is CC1(C)C(=O)N(c2ccc(C#N)c(C(F)(F)F)c2)C(=S)N1C1CCC(OCCN2CCN(CC(=O)Cc3cccc(CC4CCC(=O)NC4=O)c3)[C@H](C(F)(F)F)C2)CC1. The summed E-state index contributed by atoms with van der Waals surface area (Å²) in [6.45, 7) is 3.44. The molecule has 0 aromatic heterocycles. The van der Waals surface area contributed by atoms with Crippen LogP contribution in [-0.4, -0.2) is 113 Å². The minimum atomic E-state index is -4.81. The Kier molecular flexibility index (Phi) is 13.2. The van der Waals surface area contributed by atoms with Gasteiger partial charge in [0.2, 0.25) is 11.8 Å². The summed E-state index contributed by atoms with van der Waals surface area (Å²) in [7, 11) is 0. The van der Waals surface area contributed by atoms with Crippen LogP contribution in [0.1, 0.15) is 74.6 Å². The van der Waals surface area contributed by atoms with Crippen molar-refractivity contribution in [3.63, 3.8) is 0 Å². The molecule has 11 nitrogen and oxygen atoms in total. The number of amides is 3. The van der Waals surface area contributed by atoms with Gasteiger partial charge in [-0.25, -0.2) is 0 Å². The third-order valence-corrected chi connectivity index (χ3v) is 12.1. The monoisotopic (exact) mass is 848 g/mol. The fraction of sp³-hybridized carbons (Fsp3) is 0.561. The van der Waals surface area contributed by atoms with Gasteiger partial charge in [-0.1, -0.05) is 24.3 Å². The quantitative estimate of drug-likeness (QED) is 0.165. The highest BCUT2D eigenvalue weighted by molar-refractivity contribution is 7.80. The second-order valence-corrected chi connectivity index (χ2v) is 16.6. The van der Waals surface area contributed by atoms with Gasteiger partial charge >= 0.3 is 12.4 Å². The van der Waals surface area contributed by atoms with E-state index in [4.69, 9.17) is 17.0 Å². The highest BCUT2D eigenvalue weighted by atomic mass is 32.1. The van der Waals surface area contributed by atoms with Crippen molar-refractivity contribution in [1.82, 2.24) is 20.0 Å². The molecule has 1 aliphatic carbocycles. The number of alkyl halides is 6. The Labute approximate surface area is 343 Å². The number of rotatable bonds is 12. The molecule has 3 heterocycles. The van der Waals surface area contributed by atoms with E-state index < -0.39 is 41.0 Å². The number of thiocarbonyl (C=S) groups is 1. The third-order valence-electron chi connectivity index (χ3n) is 11.7. The lowest BCUT2D eigenvalue weighted by molar-refractivity contribution is -0.197. The van der Waals surface area contributed by atoms with Gasteiger partial charge in [-0.3, -0.25) is 39.2 Å². The molecule has 4 fully saturated rings. The molecular weight excluding hydrogens is 803 g/mol. The number of Topliss-reactive ketones (excluding diaryl/α,β-unsaturated/α-hetero) is 1. The normalized spacial score (nSPS) is 24.7. The van der Waals surface area contributed by atoms with Crippen LogP contribution >= 0.6 is 12.2 Å². The van der Waals surface area contributed by atoms with Crippen LogP contribution in [0, 0.1) is 17.2 Å². The molecule has 18 heteroatoms. The molecule has 4 aliphatic rings. The van der Waals surface area contributed by atoms with Crippen molar-refractivity contribution in [3.05, 3.63) is 64.7 Å².